The standard InChI is InChI=1S/C15H21NO4/c1-5-9(2)6-15-19-13-7-11(16-4)12(18-10(3)17)8-14(13)20-15/h7-9,15-16H,5-6H2,1-4H3/t9-,15?/m1/s1. The first kappa shape index (κ1) is 14.5. The monoisotopic (exact) mass is 279 g/mol. The average Bonchev–Trinajstić information content (AvgIpc) is 2.77. The summed E-state index contributed by atoms with van der Waals surface area (Å²) in [5.74, 6) is 1.92. The van der Waals surface area contributed by atoms with E-state index < -0.39 is 0 Å². The molecule has 0 amide bonds. The van der Waals surface area contributed by atoms with Crippen LogP contribution in [0.15, 0.2) is 12.1 Å². The number of esters is 1. The molecule has 1 aliphatic heterocycles. The summed E-state index contributed by atoms with van der Waals surface area (Å²) in [5.41, 5.74) is 0.701. The lowest BCUT2D eigenvalue weighted by atomic mass is 10.1. The van der Waals surface area contributed by atoms with Gasteiger partial charge in [0.15, 0.2) is 17.2 Å². The van der Waals surface area contributed by atoms with E-state index in [4.69, 9.17) is 14.2 Å². The summed E-state index contributed by atoms with van der Waals surface area (Å²) < 4.78 is 16.7. The van der Waals surface area contributed by atoms with E-state index in [1.165, 1.54) is 6.92 Å². The van der Waals surface area contributed by atoms with Gasteiger partial charge in [0.05, 0.1) is 5.69 Å². The first-order valence-corrected chi connectivity index (χ1v) is 6.91. The van der Waals surface area contributed by atoms with Crippen molar-refractivity contribution in [2.24, 2.45) is 5.92 Å². The molecule has 1 N–H and O–H groups in total. The van der Waals surface area contributed by atoms with Crippen LogP contribution in [0, 0.1) is 5.92 Å². The zero-order valence-corrected chi connectivity index (χ0v) is 12.4. The third-order valence-electron chi connectivity index (χ3n) is 3.38. The van der Waals surface area contributed by atoms with Crippen LogP contribution in [0.4, 0.5) is 5.69 Å². The molecule has 0 radical (unpaired) electrons. The quantitative estimate of drug-likeness (QED) is 0.662. The van der Waals surface area contributed by atoms with E-state index in [1.807, 2.05) is 0 Å². The van der Waals surface area contributed by atoms with Crippen LogP contribution in [-0.4, -0.2) is 19.3 Å². The van der Waals surface area contributed by atoms with Crippen LogP contribution >= 0.6 is 0 Å². The zero-order chi connectivity index (χ0) is 14.7. The highest BCUT2D eigenvalue weighted by Gasteiger charge is 2.27. The van der Waals surface area contributed by atoms with Crippen LogP contribution in [0.1, 0.15) is 33.6 Å². The Kier molecular flexibility index (Phi) is 4.37. The third kappa shape index (κ3) is 3.15. The molecule has 0 fully saturated rings. The molecule has 0 saturated carbocycles. The second kappa shape index (κ2) is 6.03. The molecule has 2 atom stereocenters. The molecule has 0 saturated heterocycles. The van der Waals surface area contributed by atoms with E-state index in [0.717, 1.165) is 12.8 Å². The highest BCUT2D eigenvalue weighted by molar-refractivity contribution is 5.74. The number of carbonyl (C=O) groups excluding carboxylic acids is 1. The number of ether oxygens (including phenoxy) is 3. The van der Waals surface area contributed by atoms with Gasteiger partial charge >= 0.3 is 5.97 Å². The molecule has 1 aromatic carbocycles. The van der Waals surface area contributed by atoms with E-state index in [1.54, 1.807) is 19.2 Å². The highest BCUT2D eigenvalue weighted by Crippen LogP contribution is 2.43. The summed E-state index contributed by atoms with van der Waals surface area (Å²) in [6.07, 6.45) is 1.65. The van der Waals surface area contributed by atoms with Crippen molar-refractivity contribution < 1.29 is 19.0 Å². The molecule has 0 bridgehead atoms. The minimum absolute atomic E-state index is 0.266. The maximum absolute atomic E-state index is 11.1. The fraction of sp³-hybridized carbons (Fsp3) is 0.533. The first-order chi connectivity index (χ1) is 9.53. The molecule has 20 heavy (non-hydrogen) atoms. The summed E-state index contributed by atoms with van der Waals surface area (Å²) in [7, 11) is 1.77. The van der Waals surface area contributed by atoms with Crippen molar-refractivity contribution >= 4 is 11.7 Å². The van der Waals surface area contributed by atoms with Gasteiger partial charge in [0, 0.05) is 32.5 Å². The molecular formula is C15H21NO4. The van der Waals surface area contributed by atoms with Gasteiger partial charge in [0.25, 0.3) is 0 Å². The molecule has 1 heterocycles. The molecule has 1 aliphatic rings. The van der Waals surface area contributed by atoms with Crippen molar-refractivity contribution in [3.8, 4) is 17.2 Å². The topological polar surface area (TPSA) is 56.8 Å². The minimum Gasteiger partial charge on any atom is -0.451 e. The van der Waals surface area contributed by atoms with Crippen molar-refractivity contribution in [3.63, 3.8) is 0 Å². The lowest BCUT2D eigenvalue weighted by Crippen LogP contribution is -2.20. The largest absolute Gasteiger partial charge is 0.451 e. The minimum atomic E-state index is -0.364. The number of carbonyl (C=O) groups is 1. The van der Waals surface area contributed by atoms with E-state index in [2.05, 4.69) is 19.2 Å². The van der Waals surface area contributed by atoms with Crippen LogP contribution in [0.5, 0.6) is 17.2 Å². The maximum atomic E-state index is 11.1. The molecule has 0 aliphatic carbocycles. The predicted molar refractivity (Wildman–Crippen MR) is 76.4 cm³/mol. The Morgan fingerprint density at radius 1 is 1.40 bits per heavy atom. The Morgan fingerprint density at radius 3 is 2.60 bits per heavy atom. The van der Waals surface area contributed by atoms with Crippen LogP contribution in [0.3, 0.4) is 0 Å². The van der Waals surface area contributed by atoms with E-state index in [-0.39, 0.29) is 12.3 Å². The number of benzene rings is 1. The Labute approximate surface area is 119 Å². The number of anilines is 1. The van der Waals surface area contributed by atoms with Crippen molar-refractivity contribution in [2.45, 2.75) is 39.9 Å². The van der Waals surface area contributed by atoms with E-state index in [9.17, 15) is 4.79 Å². The predicted octanol–water partition coefficient (Wildman–Crippen LogP) is 3.19. The van der Waals surface area contributed by atoms with Crippen molar-refractivity contribution in [2.75, 3.05) is 12.4 Å². The Balaban J connectivity index is 2.17. The van der Waals surface area contributed by atoms with Crippen molar-refractivity contribution in [1.29, 1.82) is 0 Å². The van der Waals surface area contributed by atoms with Gasteiger partial charge in [-0.2, -0.15) is 0 Å². The molecule has 1 unspecified atom stereocenters. The molecule has 5 heteroatoms. The number of fused-ring (bicyclic) bond motifs is 1. The maximum Gasteiger partial charge on any atom is 0.308 e. The van der Waals surface area contributed by atoms with Crippen LogP contribution in [0.2, 0.25) is 0 Å². The third-order valence-corrected chi connectivity index (χ3v) is 3.38. The summed E-state index contributed by atoms with van der Waals surface area (Å²) in [5, 5.41) is 2.98. The van der Waals surface area contributed by atoms with Crippen molar-refractivity contribution in [3.05, 3.63) is 12.1 Å². The van der Waals surface area contributed by atoms with Crippen molar-refractivity contribution in [1.82, 2.24) is 0 Å². The molecule has 5 nitrogen and oxygen atoms in total. The van der Waals surface area contributed by atoms with Gasteiger partial charge < -0.3 is 19.5 Å². The van der Waals surface area contributed by atoms with E-state index in [0.29, 0.717) is 28.9 Å². The zero-order valence-electron chi connectivity index (χ0n) is 12.4. The molecule has 2 rings (SSSR count). The van der Waals surface area contributed by atoms with Gasteiger partial charge in [-0.1, -0.05) is 20.3 Å². The lowest BCUT2D eigenvalue weighted by Gasteiger charge is -2.14. The first-order valence-electron chi connectivity index (χ1n) is 6.91. The smallest absolute Gasteiger partial charge is 0.308 e. The lowest BCUT2D eigenvalue weighted by molar-refractivity contribution is -0.131. The fourth-order valence-electron chi connectivity index (χ4n) is 2.06. The average molecular weight is 279 g/mol. The molecule has 0 spiro atoms. The van der Waals surface area contributed by atoms with Gasteiger partial charge in [0.1, 0.15) is 0 Å². The number of hydrogen-bond acceptors (Lipinski definition) is 5. The second-order valence-electron chi connectivity index (χ2n) is 5.05. The SMILES string of the molecule is CC[C@@H](C)CC1Oc2cc(NC)c(OC(C)=O)cc2O1. The number of hydrogen-bond donors (Lipinski definition) is 1. The van der Waals surface area contributed by atoms with Gasteiger partial charge in [0.2, 0.25) is 6.29 Å². The number of rotatable bonds is 5. The number of nitrogens with one attached hydrogen (secondary N) is 1. The van der Waals surface area contributed by atoms with Gasteiger partial charge in [-0.25, -0.2) is 0 Å². The van der Waals surface area contributed by atoms with Crippen LogP contribution in [0.25, 0.3) is 0 Å². The van der Waals surface area contributed by atoms with Crippen LogP contribution < -0.4 is 19.5 Å². The summed E-state index contributed by atoms with van der Waals surface area (Å²) in [6, 6.07) is 3.49. The van der Waals surface area contributed by atoms with Gasteiger partial charge in [-0.15, -0.1) is 0 Å². The Hall–Kier alpha value is -1.91. The van der Waals surface area contributed by atoms with Gasteiger partial charge in [-0.3, -0.25) is 4.79 Å². The van der Waals surface area contributed by atoms with Gasteiger partial charge in [-0.05, 0) is 5.92 Å². The second-order valence-corrected chi connectivity index (χ2v) is 5.05. The van der Waals surface area contributed by atoms with E-state index >= 15 is 0 Å². The molecule has 110 valence electrons. The Bertz CT molecular complexity index is 501. The summed E-state index contributed by atoms with van der Waals surface area (Å²) in [4.78, 5) is 11.1. The molecular weight excluding hydrogens is 258 g/mol. The summed E-state index contributed by atoms with van der Waals surface area (Å²) in [6.45, 7) is 5.68. The van der Waals surface area contributed by atoms with Crippen LogP contribution in [-0.2, 0) is 4.79 Å². The fourth-order valence-corrected chi connectivity index (χ4v) is 2.06. The normalized spacial score (nSPS) is 17.7. The molecule has 1 aromatic rings. The highest BCUT2D eigenvalue weighted by atomic mass is 16.7. The Morgan fingerprint density at radius 2 is 2.05 bits per heavy atom. The molecule has 0 aromatic heterocycles. The summed E-state index contributed by atoms with van der Waals surface area (Å²) >= 11 is 0.